The van der Waals surface area contributed by atoms with Crippen LogP contribution in [0, 0.1) is 10.1 Å². The van der Waals surface area contributed by atoms with Gasteiger partial charge in [0.25, 0.3) is 5.69 Å². The molecule has 0 saturated carbocycles. The molecule has 1 saturated heterocycles. The van der Waals surface area contributed by atoms with Crippen molar-refractivity contribution in [3.63, 3.8) is 0 Å². The van der Waals surface area contributed by atoms with E-state index in [9.17, 15) is 28.1 Å². The number of carbonyl (C=O) groups is 1. The Morgan fingerprint density at radius 3 is 2.71 bits per heavy atom. The molecule has 2 rings (SSSR count). The van der Waals surface area contributed by atoms with E-state index in [1.54, 1.807) is 6.92 Å². The Kier molecular flexibility index (Phi) is 5.30. The molecule has 1 fully saturated rings. The number of carbonyl (C=O) groups excluding carboxylic acids is 1. The van der Waals surface area contributed by atoms with Crippen LogP contribution in [0.1, 0.15) is 31.7 Å². The second-order valence-corrected chi connectivity index (χ2v) is 5.42. The molecular weight excluding hydrogens is 329 g/mol. The minimum Gasteiger partial charge on any atom is -0.464 e. The molecule has 24 heavy (non-hydrogen) atoms. The van der Waals surface area contributed by atoms with Crippen LogP contribution in [-0.4, -0.2) is 30.1 Å². The van der Waals surface area contributed by atoms with E-state index in [0.29, 0.717) is 25.5 Å². The second-order valence-electron chi connectivity index (χ2n) is 5.42. The van der Waals surface area contributed by atoms with Crippen LogP contribution in [0.2, 0.25) is 0 Å². The summed E-state index contributed by atoms with van der Waals surface area (Å²) in [6.07, 6.45) is -2.80. The van der Waals surface area contributed by atoms with Gasteiger partial charge in [-0.2, -0.15) is 13.2 Å². The Bertz CT molecular complexity index is 634. The zero-order valence-electron chi connectivity index (χ0n) is 13.0. The highest BCUT2D eigenvalue weighted by atomic mass is 19.4. The summed E-state index contributed by atoms with van der Waals surface area (Å²) in [6.45, 7) is 2.15. The van der Waals surface area contributed by atoms with Crippen LogP contribution in [-0.2, 0) is 15.7 Å². The van der Waals surface area contributed by atoms with Gasteiger partial charge in [0.2, 0.25) is 0 Å². The molecule has 0 aliphatic carbocycles. The first-order chi connectivity index (χ1) is 11.3. The summed E-state index contributed by atoms with van der Waals surface area (Å²) in [5.41, 5.74) is -1.76. The predicted octanol–water partition coefficient (Wildman–Crippen LogP) is 3.54. The lowest BCUT2D eigenvalue weighted by atomic mass is 10.00. The first kappa shape index (κ1) is 18.0. The number of esters is 1. The quantitative estimate of drug-likeness (QED) is 0.474. The van der Waals surface area contributed by atoms with Crippen molar-refractivity contribution in [3.05, 3.63) is 33.9 Å². The maximum atomic E-state index is 12.8. The van der Waals surface area contributed by atoms with Crippen LogP contribution in [0.5, 0.6) is 0 Å². The third-order valence-electron chi connectivity index (χ3n) is 3.87. The molecule has 0 radical (unpaired) electrons. The van der Waals surface area contributed by atoms with Gasteiger partial charge >= 0.3 is 12.1 Å². The number of halogens is 3. The zero-order valence-corrected chi connectivity index (χ0v) is 13.0. The summed E-state index contributed by atoms with van der Waals surface area (Å²) in [6, 6.07) is 1.62. The van der Waals surface area contributed by atoms with Crippen molar-refractivity contribution < 1.29 is 27.6 Å². The van der Waals surface area contributed by atoms with E-state index in [4.69, 9.17) is 4.74 Å². The van der Waals surface area contributed by atoms with Crippen molar-refractivity contribution in [1.29, 1.82) is 0 Å². The lowest BCUT2D eigenvalue weighted by Crippen LogP contribution is -2.46. The fourth-order valence-electron chi connectivity index (χ4n) is 2.79. The normalized spacial score (nSPS) is 18.3. The zero-order chi connectivity index (χ0) is 17.9. The largest absolute Gasteiger partial charge is 0.464 e. The number of rotatable bonds is 4. The molecule has 9 heteroatoms. The molecular formula is C15H17F3N2O4. The van der Waals surface area contributed by atoms with Crippen LogP contribution in [0.3, 0.4) is 0 Å². The van der Waals surface area contributed by atoms with Gasteiger partial charge in [0.05, 0.1) is 17.1 Å². The van der Waals surface area contributed by atoms with Crippen molar-refractivity contribution >= 4 is 17.3 Å². The van der Waals surface area contributed by atoms with Crippen molar-refractivity contribution in [2.24, 2.45) is 0 Å². The Morgan fingerprint density at radius 2 is 2.12 bits per heavy atom. The second kappa shape index (κ2) is 7.06. The summed E-state index contributed by atoms with van der Waals surface area (Å²) >= 11 is 0. The highest BCUT2D eigenvalue weighted by Crippen LogP contribution is 2.38. The van der Waals surface area contributed by atoms with Gasteiger partial charge in [0, 0.05) is 12.6 Å². The Labute approximate surface area is 136 Å². The Balaban J connectivity index is 2.44. The van der Waals surface area contributed by atoms with Gasteiger partial charge in [0.15, 0.2) is 0 Å². The van der Waals surface area contributed by atoms with Gasteiger partial charge in [-0.3, -0.25) is 10.1 Å². The van der Waals surface area contributed by atoms with E-state index < -0.39 is 34.4 Å². The van der Waals surface area contributed by atoms with Crippen LogP contribution in [0.15, 0.2) is 18.2 Å². The topological polar surface area (TPSA) is 72.7 Å². The van der Waals surface area contributed by atoms with Crippen LogP contribution in [0.25, 0.3) is 0 Å². The minimum atomic E-state index is -4.67. The third-order valence-corrected chi connectivity index (χ3v) is 3.87. The number of hydrogen-bond donors (Lipinski definition) is 0. The number of hydrogen-bond acceptors (Lipinski definition) is 5. The SMILES string of the molecule is CCOC(=O)C1CCCCN1c1ccc(C(F)(F)F)cc1[N+](=O)[O-]. The average Bonchev–Trinajstić information content (AvgIpc) is 2.53. The molecule has 1 unspecified atom stereocenters. The Hall–Kier alpha value is -2.32. The molecule has 1 atom stereocenters. The molecule has 0 amide bonds. The number of benzene rings is 1. The highest BCUT2D eigenvalue weighted by Gasteiger charge is 2.37. The molecule has 0 spiro atoms. The fourth-order valence-corrected chi connectivity index (χ4v) is 2.79. The van der Waals surface area contributed by atoms with Crippen molar-refractivity contribution in [2.75, 3.05) is 18.1 Å². The summed E-state index contributed by atoms with van der Waals surface area (Å²) in [5.74, 6) is -0.522. The van der Waals surface area contributed by atoms with Crippen LogP contribution >= 0.6 is 0 Å². The standard InChI is InChI=1S/C15H17F3N2O4/c1-2-24-14(21)12-5-3-4-8-19(12)11-7-6-10(15(16,17)18)9-13(11)20(22)23/h6-7,9,12H,2-5,8H2,1H3. The van der Waals surface area contributed by atoms with Gasteiger partial charge in [-0.05, 0) is 38.3 Å². The molecule has 0 bridgehead atoms. The van der Waals surface area contributed by atoms with E-state index in [1.165, 1.54) is 4.90 Å². The number of anilines is 1. The number of ether oxygens (including phenoxy) is 1. The Morgan fingerprint density at radius 1 is 1.42 bits per heavy atom. The van der Waals surface area contributed by atoms with Gasteiger partial charge in [-0.1, -0.05) is 0 Å². The molecule has 1 aliphatic heterocycles. The van der Waals surface area contributed by atoms with Crippen molar-refractivity contribution in [2.45, 2.75) is 38.4 Å². The summed E-state index contributed by atoms with van der Waals surface area (Å²) < 4.78 is 43.4. The van der Waals surface area contributed by atoms with Crippen LogP contribution < -0.4 is 4.90 Å². The number of nitro groups is 1. The number of piperidine rings is 1. The van der Waals surface area contributed by atoms with E-state index in [2.05, 4.69) is 0 Å². The van der Waals surface area contributed by atoms with Crippen molar-refractivity contribution in [3.8, 4) is 0 Å². The molecule has 1 aromatic rings. The predicted molar refractivity (Wildman–Crippen MR) is 79.7 cm³/mol. The maximum Gasteiger partial charge on any atom is 0.416 e. The van der Waals surface area contributed by atoms with Crippen LogP contribution in [0.4, 0.5) is 24.5 Å². The monoisotopic (exact) mass is 346 g/mol. The molecule has 0 aromatic heterocycles. The minimum absolute atomic E-state index is 0.00533. The number of alkyl halides is 3. The molecule has 1 aromatic carbocycles. The lowest BCUT2D eigenvalue weighted by molar-refractivity contribution is -0.384. The summed E-state index contributed by atoms with van der Waals surface area (Å²) in [5, 5.41) is 11.2. The number of nitro benzene ring substituents is 1. The molecule has 1 heterocycles. The molecule has 6 nitrogen and oxygen atoms in total. The van der Waals surface area contributed by atoms with E-state index in [1.807, 2.05) is 0 Å². The number of nitrogens with zero attached hydrogens (tertiary/aromatic N) is 2. The molecule has 0 N–H and O–H groups in total. The maximum absolute atomic E-state index is 12.8. The summed E-state index contributed by atoms with van der Waals surface area (Å²) in [7, 11) is 0. The van der Waals surface area contributed by atoms with Gasteiger partial charge in [-0.15, -0.1) is 0 Å². The lowest BCUT2D eigenvalue weighted by Gasteiger charge is -2.35. The van der Waals surface area contributed by atoms with E-state index in [0.717, 1.165) is 18.6 Å². The summed E-state index contributed by atoms with van der Waals surface area (Å²) in [4.78, 5) is 23.9. The highest BCUT2D eigenvalue weighted by molar-refractivity contribution is 5.82. The molecule has 1 aliphatic rings. The molecule has 132 valence electrons. The first-order valence-electron chi connectivity index (χ1n) is 7.54. The van der Waals surface area contributed by atoms with E-state index in [-0.39, 0.29) is 12.3 Å². The third kappa shape index (κ3) is 3.77. The van der Waals surface area contributed by atoms with Gasteiger partial charge in [-0.25, -0.2) is 4.79 Å². The smallest absolute Gasteiger partial charge is 0.416 e. The van der Waals surface area contributed by atoms with E-state index >= 15 is 0 Å². The van der Waals surface area contributed by atoms with Crippen molar-refractivity contribution in [1.82, 2.24) is 0 Å². The van der Waals surface area contributed by atoms with Gasteiger partial charge in [0.1, 0.15) is 11.7 Å². The fraction of sp³-hybridized carbons (Fsp3) is 0.533. The average molecular weight is 346 g/mol. The first-order valence-corrected chi connectivity index (χ1v) is 7.54. The van der Waals surface area contributed by atoms with Gasteiger partial charge < -0.3 is 9.64 Å².